The minimum Gasteiger partial charge on any atom is -0.309 e. The molecule has 128 valence electrons. The lowest BCUT2D eigenvalue weighted by Gasteiger charge is -2.05. The van der Waals surface area contributed by atoms with Crippen molar-refractivity contribution in [2.45, 2.75) is 13.0 Å². The molecule has 0 saturated carbocycles. The lowest BCUT2D eigenvalue weighted by molar-refractivity contribution is 0.630. The summed E-state index contributed by atoms with van der Waals surface area (Å²) in [6.07, 6.45) is 3.62. The number of aromatic amines is 1. The maximum Gasteiger partial charge on any atom is 0.263 e. The minimum atomic E-state index is -0.288. The Morgan fingerprint density at radius 1 is 1.23 bits per heavy atom. The molecule has 26 heavy (non-hydrogen) atoms. The van der Waals surface area contributed by atoms with Crippen molar-refractivity contribution in [1.29, 1.82) is 5.26 Å². The molecule has 9 heteroatoms. The van der Waals surface area contributed by atoms with Crippen LogP contribution in [0.3, 0.4) is 0 Å². The van der Waals surface area contributed by atoms with E-state index in [1.54, 1.807) is 21.6 Å². The quantitative estimate of drug-likeness (QED) is 0.570. The molecule has 0 spiro atoms. The van der Waals surface area contributed by atoms with Crippen LogP contribution in [0.15, 0.2) is 53.6 Å². The van der Waals surface area contributed by atoms with Crippen LogP contribution in [0.1, 0.15) is 6.42 Å². The summed E-state index contributed by atoms with van der Waals surface area (Å²) in [6, 6.07) is 13.3. The molecule has 0 fully saturated rings. The van der Waals surface area contributed by atoms with Crippen LogP contribution in [0.5, 0.6) is 0 Å². The van der Waals surface area contributed by atoms with Crippen molar-refractivity contribution in [1.82, 2.24) is 29.5 Å². The molecule has 4 rings (SSSR count). The number of anilines is 2. The van der Waals surface area contributed by atoms with Gasteiger partial charge in [-0.2, -0.15) is 20.4 Å². The first-order chi connectivity index (χ1) is 12.7. The minimum absolute atomic E-state index is 0.269. The summed E-state index contributed by atoms with van der Waals surface area (Å²) in [4.78, 5) is 19.5. The summed E-state index contributed by atoms with van der Waals surface area (Å²) in [5, 5.41) is 20.6. The molecule has 1 aromatic carbocycles. The predicted molar refractivity (Wildman–Crippen MR) is 95.2 cm³/mol. The topological polar surface area (TPSA) is 117 Å². The number of hydrogen-bond acceptors (Lipinski definition) is 6. The van der Waals surface area contributed by atoms with Gasteiger partial charge in [0.05, 0.1) is 30.9 Å². The number of hydrogen-bond donors (Lipinski definition) is 2. The normalized spacial score (nSPS) is 10.7. The number of aryl methyl sites for hydroxylation is 1. The lowest BCUT2D eigenvalue weighted by Crippen LogP contribution is -2.12. The van der Waals surface area contributed by atoms with Gasteiger partial charge in [-0.15, -0.1) is 0 Å². The molecule has 0 unspecified atom stereocenters. The van der Waals surface area contributed by atoms with Crippen LogP contribution in [-0.2, 0) is 6.54 Å². The molecule has 9 nitrogen and oxygen atoms in total. The third-order valence-corrected chi connectivity index (χ3v) is 3.78. The molecule has 2 N–H and O–H groups in total. The highest BCUT2D eigenvalue weighted by Crippen LogP contribution is 2.16. The first-order valence-corrected chi connectivity index (χ1v) is 7.95. The number of para-hydroxylation sites is 1. The van der Waals surface area contributed by atoms with Gasteiger partial charge < -0.3 is 5.32 Å². The van der Waals surface area contributed by atoms with E-state index in [2.05, 4.69) is 31.6 Å². The number of H-pyrrole nitrogens is 1. The van der Waals surface area contributed by atoms with Gasteiger partial charge in [0.1, 0.15) is 5.39 Å². The number of rotatable bonds is 5. The van der Waals surface area contributed by atoms with Crippen LogP contribution in [-0.4, -0.2) is 29.5 Å². The highest BCUT2D eigenvalue weighted by molar-refractivity contribution is 5.76. The van der Waals surface area contributed by atoms with Crippen molar-refractivity contribution in [3.8, 4) is 11.8 Å². The van der Waals surface area contributed by atoms with E-state index in [0.717, 1.165) is 5.69 Å². The van der Waals surface area contributed by atoms with Crippen LogP contribution >= 0.6 is 0 Å². The molecule has 3 aromatic heterocycles. The van der Waals surface area contributed by atoms with Gasteiger partial charge in [0.25, 0.3) is 5.56 Å². The number of nitrogens with one attached hydrogen (secondary N) is 2. The first-order valence-electron chi connectivity index (χ1n) is 7.95. The van der Waals surface area contributed by atoms with E-state index in [-0.39, 0.29) is 11.5 Å². The Labute approximate surface area is 147 Å². The van der Waals surface area contributed by atoms with E-state index >= 15 is 0 Å². The van der Waals surface area contributed by atoms with E-state index < -0.39 is 0 Å². The van der Waals surface area contributed by atoms with Gasteiger partial charge in [0.15, 0.2) is 11.5 Å². The van der Waals surface area contributed by atoms with Gasteiger partial charge >= 0.3 is 0 Å². The summed E-state index contributed by atoms with van der Waals surface area (Å²) in [6.45, 7) is 0.502. The van der Waals surface area contributed by atoms with Crippen molar-refractivity contribution in [3.05, 3.63) is 59.1 Å². The maximum atomic E-state index is 12.3. The Bertz CT molecular complexity index is 1150. The number of nitriles is 1. The molecular weight excluding hydrogens is 332 g/mol. The van der Waals surface area contributed by atoms with Crippen molar-refractivity contribution in [3.63, 3.8) is 0 Å². The van der Waals surface area contributed by atoms with Crippen molar-refractivity contribution < 1.29 is 0 Å². The standard InChI is InChI=1S/C17H14N8O/c18-8-4-9-24-10-7-14(23-24)20-17-21-15-13(16(26)22-17)11-19-25(15)12-5-2-1-3-6-12/h1-3,5-7,10-11H,4,9H2,(H2,20,21,22,23,26). The monoisotopic (exact) mass is 346 g/mol. The number of aromatic nitrogens is 6. The lowest BCUT2D eigenvalue weighted by atomic mass is 10.3. The average Bonchev–Trinajstić information content (AvgIpc) is 3.28. The largest absolute Gasteiger partial charge is 0.309 e. The molecule has 0 saturated heterocycles. The molecule has 0 bridgehead atoms. The van der Waals surface area contributed by atoms with Crippen molar-refractivity contribution in [2.75, 3.05) is 5.32 Å². The number of nitrogens with zero attached hydrogens (tertiary/aromatic N) is 6. The van der Waals surface area contributed by atoms with Crippen molar-refractivity contribution in [2.24, 2.45) is 0 Å². The summed E-state index contributed by atoms with van der Waals surface area (Å²) >= 11 is 0. The zero-order valence-corrected chi connectivity index (χ0v) is 13.6. The number of benzene rings is 1. The summed E-state index contributed by atoms with van der Waals surface area (Å²) in [5.41, 5.74) is 0.974. The third-order valence-electron chi connectivity index (χ3n) is 3.78. The molecule has 0 atom stereocenters. The first kappa shape index (κ1) is 15.6. The fraction of sp³-hybridized carbons (Fsp3) is 0.118. The van der Waals surface area contributed by atoms with Gasteiger partial charge in [-0.05, 0) is 12.1 Å². The van der Waals surface area contributed by atoms with Gasteiger partial charge in [-0.25, -0.2) is 4.68 Å². The zero-order valence-electron chi connectivity index (χ0n) is 13.6. The smallest absolute Gasteiger partial charge is 0.263 e. The third kappa shape index (κ3) is 2.91. The van der Waals surface area contributed by atoms with Crippen molar-refractivity contribution >= 4 is 22.8 Å². The highest BCUT2D eigenvalue weighted by atomic mass is 16.1. The molecule has 0 aliphatic rings. The van der Waals surface area contributed by atoms with Crippen LogP contribution < -0.4 is 10.9 Å². The van der Waals surface area contributed by atoms with Crippen LogP contribution in [0.2, 0.25) is 0 Å². The second kappa shape index (κ2) is 6.52. The molecule has 3 heterocycles. The molecule has 0 radical (unpaired) electrons. The fourth-order valence-corrected chi connectivity index (χ4v) is 2.57. The van der Waals surface area contributed by atoms with E-state index in [1.165, 1.54) is 6.20 Å². The van der Waals surface area contributed by atoms with Gasteiger partial charge in [-0.1, -0.05) is 18.2 Å². The average molecular weight is 346 g/mol. The van der Waals surface area contributed by atoms with Crippen LogP contribution in [0, 0.1) is 11.3 Å². The molecular formula is C17H14N8O. The maximum absolute atomic E-state index is 12.3. The van der Waals surface area contributed by atoms with Gasteiger partial charge in [-0.3, -0.25) is 14.5 Å². The summed E-state index contributed by atoms with van der Waals surface area (Å²) < 4.78 is 3.26. The Hall–Kier alpha value is -3.93. The second-order valence-electron chi connectivity index (χ2n) is 5.54. The highest BCUT2D eigenvalue weighted by Gasteiger charge is 2.12. The van der Waals surface area contributed by atoms with E-state index in [4.69, 9.17) is 5.26 Å². The molecule has 0 aliphatic heterocycles. The molecule has 0 aliphatic carbocycles. The summed E-state index contributed by atoms with van der Waals surface area (Å²) in [5.74, 6) is 0.793. The second-order valence-corrected chi connectivity index (χ2v) is 5.54. The van der Waals surface area contributed by atoms with Crippen LogP contribution in [0.25, 0.3) is 16.7 Å². The zero-order chi connectivity index (χ0) is 17.9. The summed E-state index contributed by atoms with van der Waals surface area (Å²) in [7, 11) is 0. The molecule has 0 amide bonds. The SMILES string of the molecule is N#CCCn1ccc(Nc2nc3c(cnn3-c3ccccc3)c(=O)[nH]2)n1. The van der Waals surface area contributed by atoms with E-state index in [1.807, 2.05) is 30.3 Å². The Morgan fingerprint density at radius 2 is 2.08 bits per heavy atom. The van der Waals surface area contributed by atoms with E-state index in [9.17, 15) is 4.79 Å². The Kier molecular flexibility index (Phi) is 3.91. The Balaban J connectivity index is 1.69. The van der Waals surface area contributed by atoms with E-state index in [0.29, 0.717) is 29.8 Å². The van der Waals surface area contributed by atoms with Crippen LogP contribution in [0.4, 0.5) is 11.8 Å². The van der Waals surface area contributed by atoms with Gasteiger partial charge in [0.2, 0.25) is 5.95 Å². The fourth-order valence-electron chi connectivity index (χ4n) is 2.57. The number of fused-ring (bicyclic) bond motifs is 1. The predicted octanol–water partition coefficient (Wildman–Crippen LogP) is 1.96. The molecule has 4 aromatic rings. The Morgan fingerprint density at radius 3 is 2.88 bits per heavy atom. The van der Waals surface area contributed by atoms with Gasteiger partial charge in [0, 0.05) is 12.3 Å².